The lowest BCUT2D eigenvalue weighted by molar-refractivity contribution is 0.0952. The first-order valence-electron chi connectivity index (χ1n) is 7.85. The molecule has 1 amide bonds. The number of hydrogen-bond donors (Lipinski definition) is 3. The van der Waals surface area contributed by atoms with Gasteiger partial charge in [-0.2, -0.15) is 0 Å². The molecule has 5 nitrogen and oxygen atoms in total. The Labute approximate surface area is 149 Å². The van der Waals surface area contributed by atoms with Gasteiger partial charge in [-0.1, -0.05) is 24.3 Å². The summed E-state index contributed by atoms with van der Waals surface area (Å²) in [6.45, 7) is 1.15. The summed E-state index contributed by atoms with van der Waals surface area (Å²) in [4.78, 5) is 20.4. The van der Waals surface area contributed by atoms with Crippen molar-refractivity contribution in [3.8, 4) is 0 Å². The highest BCUT2D eigenvalue weighted by molar-refractivity contribution is 7.71. The number of carbonyl (C=O) groups excluding carboxylic acids is 1. The zero-order valence-corrected chi connectivity index (χ0v) is 14.8. The Kier molecular flexibility index (Phi) is 4.96. The molecular weight excluding hydrogens is 339 g/mol. The minimum absolute atomic E-state index is 0.229. The molecule has 130 valence electrons. The van der Waals surface area contributed by atoms with E-state index in [0.717, 1.165) is 17.7 Å². The molecular formula is C18H19FN4OS. The van der Waals surface area contributed by atoms with Crippen molar-refractivity contribution in [1.82, 2.24) is 20.2 Å². The number of benzene rings is 2. The minimum Gasteiger partial charge on any atom is -0.348 e. The number of halogens is 1. The molecule has 7 heteroatoms. The normalized spacial score (nSPS) is 11.2. The molecule has 0 spiro atoms. The molecule has 0 aliphatic heterocycles. The third kappa shape index (κ3) is 3.94. The van der Waals surface area contributed by atoms with Crippen LogP contribution in [-0.4, -0.2) is 34.9 Å². The number of amides is 1. The van der Waals surface area contributed by atoms with Gasteiger partial charge in [-0.3, -0.25) is 4.79 Å². The smallest absolute Gasteiger partial charge is 0.253 e. The van der Waals surface area contributed by atoms with Crippen LogP contribution in [0, 0.1) is 10.6 Å². The van der Waals surface area contributed by atoms with Crippen molar-refractivity contribution >= 4 is 29.2 Å². The summed E-state index contributed by atoms with van der Waals surface area (Å²) >= 11 is 5.03. The largest absolute Gasteiger partial charge is 0.348 e. The molecule has 2 aromatic carbocycles. The average molecular weight is 358 g/mol. The van der Waals surface area contributed by atoms with Crippen LogP contribution in [-0.2, 0) is 13.1 Å². The van der Waals surface area contributed by atoms with Crippen molar-refractivity contribution in [2.45, 2.75) is 13.1 Å². The van der Waals surface area contributed by atoms with Crippen molar-refractivity contribution in [1.29, 1.82) is 0 Å². The number of hydrogen-bond acceptors (Lipinski definition) is 3. The van der Waals surface area contributed by atoms with Crippen molar-refractivity contribution < 1.29 is 9.18 Å². The fourth-order valence-corrected chi connectivity index (χ4v) is 2.99. The van der Waals surface area contributed by atoms with E-state index in [1.165, 1.54) is 12.1 Å². The number of carbonyl (C=O) groups is 1. The standard InChI is InChI=1S/C18H19FN4OS/c1-23(2)10-12-6-4-3-5-11(12)9-20-17(24)14-7-13(19)8-15-16(14)22-18(25)21-15/h3-8H,9-10H2,1-2H3,(H,20,24)(H2,21,22,25). The van der Waals surface area contributed by atoms with Crippen LogP contribution in [0.3, 0.4) is 0 Å². The number of imidazole rings is 1. The minimum atomic E-state index is -0.490. The van der Waals surface area contributed by atoms with E-state index in [4.69, 9.17) is 12.2 Å². The van der Waals surface area contributed by atoms with E-state index in [1.807, 2.05) is 38.4 Å². The molecule has 3 aromatic rings. The van der Waals surface area contributed by atoms with Gasteiger partial charge in [0.25, 0.3) is 5.91 Å². The first kappa shape index (κ1) is 17.3. The first-order chi connectivity index (χ1) is 11.9. The highest BCUT2D eigenvalue weighted by Gasteiger charge is 2.14. The van der Waals surface area contributed by atoms with Crippen LogP contribution in [0.1, 0.15) is 21.5 Å². The van der Waals surface area contributed by atoms with Crippen LogP contribution in [0.2, 0.25) is 0 Å². The van der Waals surface area contributed by atoms with Crippen LogP contribution in [0.15, 0.2) is 36.4 Å². The van der Waals surface area contributed by atoms with Crippen LogP contribution < -0.4 is 5.32 Å². The second kappa shape index (κ2) is 7.16. The van der Waals surface area contributed by atoms with E-state index in [1.54, 1.807) is 0 Å². The van der Waals surface area contributed by atoms with Gasteiger partial charge in [0, 0.05) is 13.1 Å². The van der Waals surface area contributed by atoms with E-state index in [9.17, 15) is 9.18 Å². The second-order valence-electron chi connectivity index (χ2n) is 6.14. The third-order valence-corrected chi connectivity index (χ3v) is 4.08. The predicted octanol–water partition coefficient (Wildman–Crippen LogP) is 3.36. The summed E-state index contributed by atoms with van der Waals surface area (Å²) in [7, 11) is 3.99. The summed E-state index contributed by atoms with van der Waals surface area (Å²) in [5.74, 6) is -0.842. The van der Waals surface area contributed by atoms with Crippen molar-refractivity contribution in [3.05, 3.63) is 63.7 Å². The molecule has 3 N–H and O–H groups in total. The maximum atomic E-state index is 13.8. The van der Waals surface area contributed by atoms with E-state index in [-0.39, 0.29) is 11.5 Å². The Hall–Kier alpha value is -2.51. The van der Waals surface area contributed by atoms with Crippen molar-refractivity contribution in [3.63, 3.8) is 0 Å². The van der Waals surface area contributed by atoms with E-state index in [2.05, 4.69) is 20.2 Å². The zero-order chi connectivity index (χ0) is 18.0. The monoisotopic (exact) mass is 358 g/mol. The van der Waals surface area contributed by atoms with E-state index >= 15 is 0 Å². The Bertz CT molecular complexity index is 977. The lowest BCUT2D eigenvalue weighted by Gasteiger charge is -2.14. The Morgan fingerprint density at radius 1 is 1.20 bits per heavy atom. The van der Waals surface area contributed by atoms with Crippen molar-refractivity contribution in [2.75, 3.05) is 14.1 Å². The van der Waals surface area contributed by atoms with Crippen LogP contribution in [0.5, 0.6) is 0 Å². The summed E-state index contributed by atoms with van der Waals surface area (Å²) < 4.78 is 14.1. The molecule has 0 aliphatic rings. The van der Waals surface area contributed by atoms with Gasteiger partial charge in [0.2, 0.25) is 0 Å². The van der Waals surface area contributed by atoms with Crippen molar-refractivity contribution in [2.24, 2.45) is 0 Å². The molecule has 0 bridgehead atoms. The molecule has 0 fully saturated rings. The number of nitrogens with zero attached hydrogens (tertiary/aromatic N) is 1. The molecule has 0 radical (unpaired) electrons. The van der Waals surface area contributed by atoms with Gasteiger partial charge < -0.3 is 20.2 Å². The Morgan fingerprint density at radius 3 is 2.64 bits per heavy atom. The Balaban J connectivity index is 1.84. The molecule has 0 aliphatic carbocycles. The summed E-state index contributed by atoms with van der Waals surface area (Å²) in [5, 5.41) is 2.87. The fraction of sp³-hybridized carbons (Fsp3) is 0.222. The van der Waals surface area contributed by atoms with Gasteiger partial charge >= 0.3 is 0 Å². The highest BCUT2D eigenvalue weighted by Crippen LogP contribution is 2.18. The number of aromatic amines is 2. The van der Waals surface area contributed by atoms with Gasteiger partial charge in [0.05, 0.1) is 16.6 Å². The van der Waals surface area contributed by atoms with Gasteiger partial charge in [0.15, 0.2) is 4.77 Å². The molecule has 3 rings (SSSR count). The molecule has 0 saturated heterocycles. The fourth-order valence-electron chi connectivity index (χ4n) is 2.78. The van der Waals surface area contributed by atoms with Gasteiger partial charge in [-0.25, -0.2) is 4.39 Å². The molecule has 0 unspecified atom stereocenters. The molecule has 0 atom stereocenters. The maximum absolute atomic E-state index is 13.8. The lowest BCUT2D eigenvalue weighted by atomic mass is 10.1. The van der Waals surface area contributed by atoms with Gasteiger partial charge in [-0.15, -0.1) is 0 Å². The quantitative estimate of drug-likeness (QED) is 0.613. The molecule has 1 heterocycles. The predicted molar refractivity (Wildman–Crippen MR) is 98.4 cm³/mol. The number of rotatable bonds is 5. The maximum Gasteiger partial charge on any atom is 0.253 e. The topological polar surface area (TPSA) is 63.9 Å². The van der Waals surface area contributed by atoms with E-state index in [0.29, 0.717) is 22.3 Å². The number of H-pyrrole nitrogens is 2. The number of fused-ring (bicyclic) bond motifs is 1. The summed E-state index contributed by atoms with van der Waals surface area (Å²) in [5.41, 5.74) is 3.37. The third-order valence-electron chi connectivity index (χ3n) is 3.88. The number of nitrogens with one attached hydrogen (secondary N) is 3. The summed E-state index contributed by atoms with van der Waals surface area (Å²) in [6, 6.07) is 10.4. The Morgan fingerprint density at radius 2 is 1.92 bits per heavy atom. The second-order valence-corrected chi connectivity index (χ2v) is 6.55. The SMILES string of the molecule is CN(C)Cc1ccccc1CNC(=O)c1cc(F)cc2[nH]c(=S)[nH]c12. The van der Waals surface area contributed by atoms with Gasteiger partial charge in [-0.05, 0) is 49.6 Å². The molecule has 25 heavy (non-hydrogen) atoms. The first-order valence-corrected chi connectivity index (χ1v) is 8.26. The van der Waals surface area contributed by atoms with Crippen LogP contribution in [0.25, 0.3) is 11.0 Å². The summed E-state index contributed by atoms with van der Waals surface area (Å²) in [6.07, 6.45) is 0. The molecule has 1 aromatic heterocycles. The molecule has 0 saturated carbocycles. The average Bonchev–Trinajstić information content (AvgIpc) is 2.92. The van der Waals surface area contributed by atoms with Gasteiger partial charge in [0.1, 0.15) is 5.82 Å². The van der Waals surface area contributed by atoms with Crippen LogP contribution in [0.4, 0.5) is 4.39 Å². The number of aromatic nitrogens is 2. The van der Waals surface area contributed by atoms with E-state index < -0.39 is 5.82 Å². The lowest BCUT2D eigenvalue weighted by Crippen LogP contribution is -2.24. The highest BCUT2D eigenvalue weighted by atomic mass is 32.1. The van der Waals surface area contributed by atoms with Crippen LogP contribution >= 0.6 is 12.2 Å². The zero-order valence-electron chi connectivity index (χ0n) is 14.0.